The fraction of sp³-hybridized carbons (Fsp3) is 0.263. The third kappa shape index (κ3) is 5.76. The molecule has 1 heterocycles. The molecule has 0 atom stereocenters. The predicted octanol–water partition coefficient (Wildman–Crippen LogP) is 3.02. The fourth-order valence-corrected chi connectivity index (χ4v) is 2.11. The molecule has 5 heteroatoms. The maximum atomic E-state index is 11.0. The Morgan fingerprint density at radius 3 is 2.71 bits per heavy atom. The molecule has 0 radical (unpaired) electrons. The van der Waals surface area contributed by atoms with Gasteiger partial charge in [0.05, 0.1) is 13.7 Å². The third-order valence-electron chi connectivity index (χ3n) is 3.42. The standard InChI is InChI=1S/C19H22N2O3/c1-20-18-7-4-6-16(21-18)13-14-24-17-11-9-15(10-12-17)5-3-8-19(22)23-2/h3-4,6-12H,5,13-14H2,1-2H3,(H,20,21). The number of aromatic nitrogens is 1. The minimum absolute atomic E-state index is 0.342. The summed E-state index contributed by atoms with van der Waals surface area (Å²) in [5, 5.41) is 3.02. The number of pyridine rings is 1. The van der Waals surface area contributed by atoms with E-state index in [2.05, 4.69) is 15.0 Å². The highest BCUT2D eigenvalue weighted by Crippen LogP contribution is 2.13. The lowest BCUT2D eigenvalue weighted by molar-refractivity contribution is -0.134. The summed E-state index contributed by atoms with van der Waals surface area (Å²) in [6.45, 7) is 0.571. The van der Waals surface area contributed by atoms with Crippen LogP contribution in [0.1, 0.15) is 11.3 Å². The molecule has 0 saturated carbocycles. The van der Waals surface area contributed by atoms with Crippen LogP contribution in [0.15, 0.2) is 54.6 Å². The van der Waals surface area contributed by atoms with Crippen molar-refractivity contribution in [1.82, 2.24) is 4.98 Å². The Morgan fingerprint density at radius 1 is 1.21 bits per heavy atom. The van der Waals surface area contributed by atoms with Crippen LogP contribution in [0.25, 0.3) is 0 Å². The van der Waals surface area contributed by atoms with Crippen molar-refractivity contribution in [3.8, 4) is 5.75 Å². The van der Waals surface area contributed by atoms with Crippen LogP contribution in [0.4, 0.5) is 5.82 Å². The maximum absolute atomic E-state index is 11.0. The SMILES string of the molecule is CNc1cccc(CCOc2ccc(CC=CC(=O)OC)cc2)n1. The molecule has 0 aliphatic carbocycles. The lowest BCUT2D eigenvalue weighted by atomic mass is 10.1. The average Bonchev–Trinajstić information content (AvgIpc) is 2.63. The Kier molecular flexibility index (Phi) is 6.83. The summed E-state index contributed by atoms with van der Waals surface area (Å²) in [4.78, 5) is 15.4. The Labute approximate surface area is 142 Å². The Morgan fingerprint density at radius 2 is 2.00 bits per heavy atom. The highest BCUT2D eigenvalue weighted by Gasteiger charge is 1.99. The average molecular weight is 326 g/mol. The topological polar surface area (TPSA) is 60.5 Å². The van der Waals surface area contributed by atoms with Crippen molar-refractivity contribution in [2.24, 2.45) is 0 Å². The summed E-state index contributed by atoms with van der Waals surface area (Å²) in [6.07, 6.45) is 4.63. The summed E-state index contributed by atoms with van der Waals surface area (Å²) in [7, 11) is 3.22. The number of carbonyl (C=O) groups excluding carboxylic acids is 1. The molecule has 0 bridgehead atoms. The molecule has 126 valence electrons. The molecule has 2 aromatic rings. The molecule has 0 amide bonds. The van der Waals surface area contributed by atoms with Crippen molar-refractivity contribution in [2.45, 2.75) is 12.8 Å². The predicted molar refractivity (Wildman–Crippen MR) is 94.3 cm³/mol. The van der Waals surface area contributed by atoms with Gasteiger partial charge in [0.15, 0.2) is 0 Å². The molecule has 5 nitrogen and oxygen atoms in total. The van der Waals surface area contributed by atoms with Gasteiger partial charge in [-0.15, -0.1) is 0 Å². The van der Waals surface area contributed by atoms with Crippen LogP contribution in [-0.2, 0) is 22.4 Å². The van der Waals surface area contributed by atoms with Crippen LogP contribution in [0.2, 0.25) is 0 Å². The van der Waals surface area contributed by atoms with Crippen molar-refractivity contribution in [1.29, 1.82) is 0 Å². The van der Waals surface area contributed by atoms with Gasteiger partial charge in [-0.1, -0.05) is 24.3 Å². The molecule has 0 unspecified atom stereocenters. The van der Waals surface area contributed by atoms with Gasteiger partial charge in [0, 0.05) is 25.2 Å². The zero-order valence-electron chi connectivity index (χ0n) is 14.0. The van der Waals surface area contributed by atoms with Gasteiger partial charge in [0.25, 0.3) is 0 Å². The van der Waals surface area contributed by atoms with Crippen LogP contribution < -0.4 is 10.1 Å². The van der Waals surface area contributed by atoms with Gasteiger partial charge in [-0.05, 0) is 36.2 Å². The summed E-state index contributed by atoms with van der Waals surface area (Å²) >= 11 is 0. The number of allylic oxidation sites excluding steroid dienone is 1. The number of esters is 1. The lowest BCUT2D eigenvalue weighted by Crippen LogP contribution is -2.04. The van der Waals surface area contributed by atoms with Gasteiger partial charge in [-0.3, -0.25) is 0 Å². The number of hydrogen-bond donors (Lipinski definition) is 1. The summed E-state index contributed by atoms with van der Waals surface area (Å²) in [5.41, 5.74) is 2.09. The van der Waals surface area contributed by atoms with Gasteiger partial charge < -0.3 is 14.8 Å². The van der Waals surface area contributed by atoms with E-state index in [4.69, 9.17) is 4.74 Å². The van der Waals surface area contributed by atoms with Crippen molar-refractivity contribution in [3.63, 3.8) is 0 Å². The monoisotopic (exact) mass is 326 g/mol. The minimum Gasteiger partial charge on any atom is -0.493 e. The first-order valence-electron chi connectivity index (χ1n) is 7.81. The van der Waals surface area contributed by atoms with Gasteiger partial charge in [-0.25, -0.2) is 9.78 Å². The highest BCUT2D eigenvalue weighted by atomic mass is 16.5. The quantitative estimate of drug-likeness (QED) is 0.597. The van der Waals surface area contributed by atoms with Crippen molar-refractivity contribution >= 4 is 11.8 Å². The number of hydrogen-bond acceptors (Lipinski definition) is 5. The van der Waals surface area contributed by atoms with E-state index in [1.54, 1.807) is 6.08 Å². The van der Waals surface area contributed by atoms with Crippen molar-refractivity contribution in [3.05, 3.63) is 65.9 Å². The number of carbonyl (C=O) groups is 1. The molecule has 1 aromatic heterocycles. The molecule has 24 heavy (non-hydrogen) atoms. The first-order chi connectivity index (χ1) is 11.7. The molecule has 0 saturated heterocycles. The molecule has 2 rings (SSSR count). The van der Waals surface area contributed by atoms with Crippen LogP contribution in [0.5, 0.6) is 5.75 Å². The molecule has 0 fully saturated rings. The zero-order chi connectivity index (χ0) is 17.2. The summed E-state index contributed by atoms with van der Waals surface area (Å²) in [6, 6.07) is 13.7. The number of methoxy groups -OCH3 is 1. The van der Waals surface area contributed by atoms with E-state index in [1.807, 2.05) is 49.5 Å². The lowest BCUT2D eigenvalue weighted by Gasteiger charge is -2.07. The highest BCUT2D eigenvalue weighted by molar-refractivity contribution is 5.81. The molecule has 0 aliphatic heterocycles. The second-order valence-electron chi connectivity index (χ2n) is 5.14. The number of rotatable bonds is 8. The van der Waals surface area contributed by atoms with Gasteiger partial charge >= 0.3 is 5.97 Å². The number of ether oxygens (including phenoxy) is 2. The van der Waals surface area contributed by atoms with Crippen LogP contribution in [-0.4, -0.2) is 31.7 Å². The largest absolute Gasteiger partial charge is 0.493 e. The number of anilines is 1. The molecule has 1 N–H and O–H groups in total. The van der Waals surface area contributed by atoms with Crippen molar-refractivity contribution < 1.29 is 14.3 Å². The van der Waals surface area contributed by atoms with E-state index < -0.39 is 0 Å². The number of nitrogens with zero attached hydrogens (tertiary/aromatic N) is 1. The minimum atomic E-state index is -0.342. The Hall–Kier alpha value is -2.82. The fourth-order valence-electron chi connectivity index (χ4n) is 2.11. The molecular formula is C19H22N2O3. The van der Waals surface area contributed by atoms with Gasteiger partial charge in [0.1, 0.15) is 11.6 Å². The smallest absolute Gasteiger partial charge is 0.330 e. The van der Waals surface area contributed by atoms with E-state index in [0.717, 1.165) is 29.2 Å². The van der Waals surface area contributed by atoms with Crippen LogP contribution >= 0.6 is 0 Å². The Balaban J connectivity index is 1.79. The summed E-state index contributed by atoms with van der Waals surface area (Å²) < 4.78 is 10.3. The first-order valence-corrected chi connectivity index (χ1v) is 7.81. The van der Waals surface area contributed by atoms with E-state index >= 15 is 0 Å². The molecule has 1 aromatic carbocycles. The second kappa shape index (κ2) is 9.35. The Bertz CT molecular complexity index is 681. The normalized spacial score (nSPS) is 10.6. The molecule has 0 aliphatic rings. The van der Waals surface area contributed by atoms with E-state index in [0.29, 0.717) is 13.0 Å². The van der Waals surface area contributed by atoms with E-state index in [-0.39, 0.29) is 5.97 Å². The number of nitrogens with one attached hydrogen (secondary N) is 1. The van der Waals surface area contributed by atoms with Crippen molar-refractivity contribution in [2.75, 3.05) is 26.1 Å². The second-order valence-corrected chi connectivity index (χ2v) is 5.14. The zero-order valence-corrected chi connectivity index (χ0v) is 14.0. The maximum Gasteiger partial charge on any atom is 0.330 e. The van der Waals surface area contributed by atoms with Crippen LogP contribution in [0, 0.1) is 0 Å². The van der Waals surface area contributed by atoms with Crippen LogP contribution in [0.3, 0.4) is 0 Å². The number of benzene rings is 1. The molecular weight excluding hydrogens is 304 g/mol. The van der Waals surface area contributed by atoms with E-state index in [1.165, 1.54) is 13.2 Å². The molecule has 0 spiro atoms. The summed E-state index contributed by atoms with van der Waals surface area (Å²) in [5.74, 6) is 1.34. The first kappa shape index (κ1) is 17.5. The third-order valence-corrected chi connectivity index (χ3v) is 3.42. The van der Waals surface area contributed by atoms with Gasteiger partial charge in [0.2, 0.25) is 0 Å². The van der Waals surface area contributed by atoms with E-state index in [9.17, 15) is 4.79 Å². The van der Waals surface area contributed by atoms with Gasteiger partial charge in [-0.2, -0.15) is 0 Å².